The molecule has 2 amide bonds. The predicted octanol–water partition coefficient (Wildman–Crippen LogP) is 3.18. The summed E-state index contributed by atoms with van der Waals surface area (Å²) in [7, 11) is 0. The maximum atomic E-state index is 13.4. The molecule has 2 aromatic carbocycles. The van der Waals surface area contributed by atoms with Crippen molar-refractivity contribution >= 4 is 23.5 Å². The molecule has 1 aliphatic heterocycles. The summed E-state index contributed by atoms with van der Waals surface area (Å²) in [5.74, 6) is -3.70. The summed E-state index contributed by atoms with van der Waals surface area (Å²) in [5.41, 5.74) is 0.492. The molecule has 6 nitrogen and oxygen atoms in total. The third kappa shape index (κ3) is 4.22. The normalized spacial score (nSPS) is 13.8. The summed E-state index contributed by atoms with van der Waals surface area (Å²) in [6.07, 6.45) is -0.273. The predicted molar refractivity (Wildman–Crippen MR) is 105 cm³/mol. The Morgan fingerprint density at radius 2 is 1.63 bits per heavy atom. The van der Waals surface area contributed by atoms with Crippen LogP contribution in [0.25, 0.3) is 0 Å². The van der Waals surface area contributed by atoms with E-state index in [-0.39, 0.29) is 17.8 Å². The number of rotatable bonds is 7. The lowest BCUT2D eigenvalue weighted by Crippen LogP contribution is -2.35. The van der Waals surface area contributed by atoms with Gasteiger partial charge in [-0.25, -0.2) is 13.7 Å². The highest BCUT2D eigenvalue weighted by Crippen LogP contribution is 2.30. The van der Waals surface area contributed by atoms with Gasteiger partial charge in [0.25, 0.3) is 5.91 Å². The second-order valence-electron chi connectivity index (χ2n) is 6.55. The second-order valence-corrected chi connectivity index (χ2v) is 6.55. The number of hydrogen-bond acceptors (Lipinski definition) is 5. The lowest BCUT2D eigenvalue weighted by molar-refractivity contribution is -0.141. The van der Waals surface area contributed by atoms with Gasteiger partial charge in [0.05, 0.1) is 12.1 Å². The maximum absolute atomic E-state index is 13.4. The minimum atomic E-state index is -0.818. The molecule has 1 heterocycles. The van der Waals surface area contributed by atoms with Gasteiger partial charge >= 0.3 is 11.9 Å². The lowest BCUT2D eigenvalue weighted by atomic mass is 10.1. The highest BCUT2D eigenvalue weighted by Gasteiger charge is 2.44. The fourth-order valence-electron chi connectivity index (χ4n) is 3.20. The number of anilines is 1. The van der Waals surface area contributed by atoms with Crippen LogP contribution in [-0.2, 0) is 25.5 Å². The Kier molecular flexibility index (Phi) is 6.25. The summed E-state index contributed by atoms with van der Waals surface area (Å²) in [4.78, 5) is 40.9. The highest BCUT2D eigenvalue weighted by atomic mass is 19.1. The van der Waals surface area contributed by atoms with Gasteiger partial charge in [-0.15, -0.1) is 0 Å². The van der Waals surface area contributed by atoms with Crippen LogP contribution in [0.4, 0.5) is 14.5 Å². The summed E-state index contributed by atoms with van der Waals surface area (Å²) in [6, 6.07) is 10.3. The monoisotopic (exact) mass is 414 g/mol. The van der Waals surface area contributed by atoms with Gasteiger partial charge in [0.15, 0.2) is 5.70 Å². The molecule has 8 heteroatoms. The minimum absolute atomic E-state index is 0.0399. The molecule has 0 aromatic heterocycles. The molecule has 0 fully saturated rings. The van der Waals surface area contributed by atoms with Crippen molar-refractivity contribution < 1.29 is 27.9 Å². The Morgan fingerprint density at radius 1 is 0.967 bits per heavy atom. The molecule has 0 N–H and O–H groups in total. The minimum Gasteiger partial charge on any atom is -0.418 e. The first-order valence-corrected chi connectivity index (χ1v) is 9.44. The number of nitrogens with zero attached hydrogens (tertiary/aromatic N) is 2. The molecule has 0 saturated heterocycles. The second kappa shape index (κ2) is 8.86. The lowest BCUT2D eigenvalue weighted by Gasteiger charge is -2.22. The van der Waals surface area contributed by atoms with E-state index < -0.39 is 35.2 Å². The Hall–Kier alpha value is -3.55. The zero-order chi connectivity index (χ0) is 21.8. The molecule has 30 heavy (non-hydrogen) atoms. The van der Waals surface area contributed by atoms with E-state index in [9.17, 15) is 23.2 Å². The molecule has 0 radical (unpaired) electrons. The number of ether oxygens (including phenoxy) is 1. The molecule has 156 valence electrons. The quantitative estimate of drug-likeness (QED) is 0.514. The molecule has 1 aliphatic rings. The van der Waals surface area contributed by atoms with Gasteiger partial charge in [-0.05, 0) is 55.8 Å². The number of benzene rings is 2. The fourth-order valence-corrected chi connectivity index (χ4v) is 3.20. The highest BCUT2D eigenvalue weighted by molar-refractivity contribution is 6.32. The van der Waals surface area contributed by atoms with Gasteiger partial charge in [-0.1, -0.05) is 12.1 Å². The van der Waals surface area contributed by atoms with Crippen molar-refractivity contribution in [3.8, 4) is 0 Å². The van der Waals surface area contributed by atoms with Gasteiger partial charge in [0, 0.05) is 13.1 Å². The molecular formula is C22H20F2N2O4. The zero-order valence-corrected chi connectivity index (χ0v) is 16.5. The average molecular weight is 414 g/mol. The Labute approximate surface area is 172 Å². The van der Waals surface area contributed by atoms with Crippen molar-refractivity contribution in [3.05, 3.63) is 77.2 Å². The van der Waals surface area contributed by atoms with Crippen LogP contribution in [-0.4, -0.2) is 35.8 Å². The van der Waals surface area contributed by atoms with Crippen molar-refractivity contribution in [2.45, 2.75) is 20.3 Å². The van der Waals surface area contributed by atoms with Gasteiger partial charge in [-0.2, -0.15) is 0 Å². The van der Waals surface area contributed by atoms with Gasteiger partial charge < -0.3 is 9.64 Å². The standard InChI is InChI=1S/C22H20F2N2O4/c1-3-25(4-2)19-20(30-18(27)13-14-6-5-7-16(24)12-14)22(29)26(21(19)28)17-10-8-15(23)9-11-17/h5-12H,3-4,13H2,1-2H3. The molecule has 0 spiro atoms. The molecule has 0 aliphatic carbocycles. The van der Waals surface area contributed by atoms with E-state index in [0.717, 1.165) is 17.0 Å². The number of imide groups is 1. The zero-order valence-electron chi connectivity index (χ0n) is 16.5. The topological polar surface area (TPSA) is 66.9 Å². The smallest absolute Gasteiger partial charge is 0.315 e. The van der Waals surface area contributed by atoms with E-state index in [1.165, 1.54) is 30.3 Å². The third-order valence-corrected chi connectivity index (χ3v) is 4.64. The van der Waals surface area contributed by atoms with Gasteiger partial charge in [0.2, 0.25) is 5.76 Å². The summed E-state index contributed by atoms with van der Waals surface area (Å²) in [5, 5.41) is 0. The van der Waals surface area contributed by atoms with Gasteiger partial charge in [-0.3, -0.25) is 14.4 Å². The molecule has 0 unspecified atom stereocenters. The third-order valence-electron chi connectivity index (χ3n) is 4.64. The van der Waals surface area contributed by atoms with E-state index in [4.69, 9.17) is 4.74 Å². The van der Waals surface area contributed by atoms with Crippen LogP contribution < -0.4 is 4.90 Å². The molecule has 0 atom stereocenters. The number of carbonyl (C=O) groups excluding carboxylic acids is 3. The largest absolute Gasteiger partial charge is 0.418 e. The first-order valence-electron chi connectivity index (χ1n) is 9.44. The van der Waals surface area contributed by atoms with E-state index in [1.807, 2.05) is 0 Å². The van der Waals surface area contributed by atoms with Crippen LogP contribution in [0.15, 0.2) is 60.0 Å². The molecular weight excluding hydrogens is 394 g/mol. The van der Waals surface area contributed by atoms with Gasteiger partial charge in [0.1, 0.15) is 11.6 Å². The number of hydrogen-bond donors (Lipinski definition) is 0. The average Bonchev–Trinajstić information content (AvgIpc) is 2.94. The van der Waals surface area contributed by atoms with E-state index in [1.54, 1.807) is 24.8 Å². The Morgan fingerprint density at radius 3 is 2.23 bits per heavy atom. The van der Waals surface area contributed by atoms with Crippen LogP contribution in [0, 0.1) is 11.6 Å². The Balaban J connectivity index is 1.92. The summed E-state index contributed by atoms with van der Waals surface area (Å²) < 4.78 is 31.9. The number of halogens is 2. The van der Waals surface area contributed by atoms with Crippen molar-refractivity contribution in [1.29, 1.82) is 0 Å². The first-order chi connectivity index (χ1) is 14.3. The van der Waals surface area contributed by atoms with Crippen molar-refractivity contribution in [2.24, 2.45) is 0 Å². The van der Waals surface area contributed by atoms with Crippen LogP contribution in [0.1, 0.15) is 19.4 Å². The molecule has 0 bridgehead atoms. The Bertz CT molecular complexity index is 1010. The molecule has 2 aromatic rings. The van der Waals surface area contributed by atoms with Crippen molar-refractivity contribution in [3.63, 3.8) is 0 Å². The number of esters is 1. The first kappa shape index (κ1) is 21.2. The van der Waals surface area contributed by atoms with Crippen LogP contribution in [0.5, 0.6) is 0 Å². The molecule has 3 rings (SSSR count). The summed E-state index contributed by atoms with van der Waals surface area (Å²) in [6.45, 7) is 4.38. The fraction of sp³-hybridized carbons (Fsp3) is 0.227. The van der Waals surface area contributed by atoms with Crippen LogP contribution in [0.2, 0.25) is 0 Å². The van der Waals surface area contributed by atoms with Crippen molar-refractivity contribution in [2.75, 3.05) is 18.0 Å². The molecule has 0 saturated carbocycles. The number of carbonyl (C=O) groups is 3. The van der Waals surface area contributed by atoms with Crippen molar-refractivity contribution in [1.82, 2.24) is 4.90 Å². The maximum Gasteiger partial charge on any atom is 0.315 e. The van der Waals surface area contributed by atoms with E-state index in [2.05, 4.69) is 0 Å². The summed E-state index contributed by atoms with van der Waals surface area (Å²) >= 11 is 0. The van der Waals surface area contributed by atoms with Crippen LogP contribution >= 0.6 is 0 Å². The number of likely N-dealkylation sites (N-methyl/N-ethyl adjacent to an activating group) is 1. The van der Waals surface area contributed by atoms with Crippen LogP contribution in [0.3, 0.4) is 0 Å². The van der Waals surface area contributed by atoms with E-state index >= 15 is 0 Å². The van der Waals surface area contributed by atoms with E-state index in [0.29, 0.717) is 18.7 Å². The SMILES string of the molecule is CCN(CC)C1=C(OC(=O)Cc2cccc(F)c2)C(=O)N(c2ccc(F)cc2)C1=O. The number of amides is 2.